The van der Waals surface area contributed by atoms with Crippen molar-refractivity contribution in [1.29, 1.82) is 0 Å². The van der Waals surface area contributed by atoms with Crippen LogP contribution in [0.5, 0.6) is 0 Å². The zero-order valence-electron chi connectivity index (χ0n) is 33.7. The summed E-state index contributed by atoms with van der Waals surface area (Å²) >= 11 is 0. The van der Waals surface area contributed by atoms with Gasteiger partial charge in [0.15, 0.2) is 5.84 Å². The smallest absolute Gasteiger partial charge is 0.160 e. The SMILES string of the molecule is c1ccc(C2N=C(c3cccc4oc5ccccc5c34)N=C(c3ccc4oc5cc6ccccc6cc5c4c3-n3c4cc5ccccc5cc4c4cc5ccccc5cc43)N2)cc1. The number of aliphatic imine (C=N–C) groups is 2. The maximum atomic E-state index is 6.86. The van der Waals surface area contributed by atoms with E-state index in [1.807, 2.05) is 30.3 Å². The van der Waals surface area contributed by atoms with E-state index in [0.29, 0.717) is 11.7 Å². The zero-order chi connectivity index (χ0) is 41.2. The highest BCUT2D eigenvalue weighted by atomic mass is 16.3. The maximum Gasteiger partial charge on any atom is 0.160 e. The average Bonchev–Trinajstić information content (AvgIpc) is 4.00. The summed E-state index contributed by atoms with van der Waals surface area (Å²) in [5.41, 5.74) is 9.32. The van der Waals surface area contributed by atoms with E-state index in [-0.39, 0.29) is 0 Å². The largest absolute Gasteiger partial charge is 0.456 e. The van der Waals surface area contributed by atoms with E-state index in [4.69, 9.17) is 18.8 Å². The number of fused-ring (bicyclic) bond motifs is 12. The van der Waals surface area contributed by atoms with Crippen molar-refractivity contribution in [3.05, 3.63) is 211 Å². The lowest BCUT2D eigenvalue weighted by Gasteiger charge is -2.25. The highest BCUT2D eigenvalue weighted by Crippen LogP contribution is 2.44. The van der Waals surface area contributed by atoms with Crippen molar-refractivity contribution >= 4 is 110 Å². The molecule has 0 bridgehead atoms. The fourth-order valence-electron chi connectivity index (χ4n) is 10.1. The molecule has 294 valence electrons. The molecule has 13 aromatic rings. The van der Waals surface area contributed by atoms with E-state index in [2.05, 4.69) is 174 Å². The normalized spacial score (nSPS) is 14.5. The van der Waals surface area contributed by atoms with Crippen molar-refractivity contribution in [3.8, 4) is 5.69 Å². The topological polar surface area (TPSA) is 68.0 Å². The van der Waals surface area contributed by atoms with Crippen LogP contribution < -0.4 is 5.32 Å². The molecule has 0 spiro atoms. The average molecular weight is 807 g/mol. The first-order valence-electron chi connectivity index (χ1n) is 21.3. The number of hydrogen-bond acceptors (Lipinski definition) is 5. The number of hydrogen-bond donors (Lipinski definition) is 1. The molecular formula is C57H34N4O2. The van der Waals surface area contributed by atoms with Crippen LogP contribution in [0.3, 0.4) is 0 Å². The second-order valence-corrected chi connectivity index (χ2v) is 16.5. The summed E-state index contributed by atoms with van der Waals surface area (Å²) in [6.07, 6.45) is -0.429. The molecular weight excluding hydrogens is 773 g/mol. The lowest BCUT2D eigenvalue weighted by Crippen LogP contribution is -2.34. The van der Waals surface area contributed by atoms with Crippen LogP contribution >= 0.6 is 0 Å². The number of aromatic nitrogens is 1. The number of nitrogens with one attached hydrogen (secondary N) is 1. The second-order valence-electron chi connectivity index (χ2n) is 16.5. The Morgan fingerprint density at radius 3 is 1.67 bits per heavy atom. The molecule has 14 rings (SSSR count). The maximum absolute atomic E-state index is 6.86. The van der Waals surface area contributed by atoms with Crippen LogP contribution in [0.25, 0.3) is 104 Å². The Morgan fingerprint density at radius 1 is 0.413 bits per heavy atom. The van der Waals surface area contributed by atoms with Gasteiger partial charge < -0.3 is 18.7 Å². The van der Waals surface area contributed by atoms with E-state index in [9.17, 15) is 0 Å². The van der Waals surface area contributed by atoms with Crippen molar-refractivity contribution in [3.63, 3.8) is 0 Å². The molecule has 0 aliphatic carbocycles. The third-order valence-electron chi connectivity index (χ3n) is 13.0. The molecule has 4 heterocycles. The molecule has 0 amide bonds. The summed E-state index contributed by atoms with van der Waals surface area (Å²) in [5.74, 6) is 1.34. The van der Waals surface area contributed by atoms with Gasteiger partial charge in [0.05, 0.1) is 22.1 Å². The number of furan rings is 2. The van der Waals surface area contributed by atoms with Crippen molar-refractivity contribution < 1.29 is 8.83 Å². The van der Waals surface area contributed by atoms with Crippen molar-refractivity contribution in [2.24, 2.45) is 9.98 Å². The predicted octanol–water partition coefficient (Wildman–Crippen LogP) is 14.5. The third kappa shape index (κ3) is 5.12. The molecule has 0 saturated heterocycles. The Morgan fingerprint density at radius 2 is 0.968 bits per heavy atom. The van der Waals surface area contributed by atoms with E-state index in [1.54, 1.807) is 0 Å². The van der Waals surface area contributed by atoms with Gasteiger partial charge in [0.1, 0.15) is 34.3 Å². The van der Waals surface area contributed by atoms with Crippen molar-refractivity contribution in [1.82, 2.24) is 9.88 Å². The molecule has 1 atom stereocenters. The Hall–Kier alpha value is -8.48. The fourth-order valence-corrected chi connectivity index (χ4v) is 10.1. The van der Waals surface area contributed by atoms with E-state index in [1.165, 1.54) is 32.3 Å². The molecule has 6 nitrogen and oxygen atoms in total. The Balaban J connectivity index is 1.13. The van der Waals surface area contributed by atoms with Gasteiger partial charge in [-0.15, -0.1) is 0 Å². The fraction of sp³-hybridized carbons (Fsp3) is 0.0175. The molecule has 0 fully saturated rings. The Bertz CT molecular complexity index is 4040. The molecule has 1 unspecified atom stereocenters. The van der Waals surface area contributed by atoms with E-state index >= 15 is 0 Å². The van der Waals surface area contributed by atoms with Crippen LogP contribution in [0.15, 0.2) is 213 Å². The minimum absolute atomic E-state index is 0.429. The number of amidine groups is 2. The first-order valence-corrected chi connectivity index (χ1v) is 21.3. The quantitative estimate of drug-likeness (QED) is 0.193. The minimum atomic E-state index is -0.429. The predicted molar refractivity (Wildman–Crippen MR) is 260 cm³/mol. The van der Waals surface area contributed by atoms with Gasteiger partial charge in [-0.25, -0.2) is 9.98 Å². The van der Waals surface area contributed by atoms with Gasteiger partial charge in [0, 0.05) is 38.1 Å². The monoisotopic (exact) mass is 806 g/mol. The van der Waals surface area contributed by atoms with E-state index < -0.39 is 6.17 Å². The number of rotatable bonds is 4. The number of para-hydroxylation sites is 1. The molecule has 6 heteroatoms. The van der Waals surface area contributed by atoms with Gasteiger partial charge in [-0.3, -0.25) is 0 Å². The van der Waals surface area contributed by atoms with Gasteiger partial charge in [-0.2, -0.15) is 0 Å². The first kappa shape index (κ1) is 34.3. The zero-order valence-corrected chi connectivity index (χ0v) is 33.7. The molecule has 1 N–H and O–H groups in total. The molecule has 1 aliphatic rings. The Labute approximate surface area is 359 Å². The van der Waals surface area contributed by atoms with Crippen LogP contribution in [0.1, 0.15) is 22.9 Å². The standard InChI is InChI=1S/C57H34N4O2/c1-2-13-33(14-3-1)55-58-56(41-22-12-24-49-52(41)40-21-10-11-23-48(40)62-49)60-57(59-55)42-25-26-50-53(45-29-36-17-6-9-20-39(36)32-51(45)63-50)54(42)61-46-30-37-18-7-4-15-34(37)27-43(46)44-28-35-16-5-8-19-38(35)31-47(44)61/h1-32,55H,(H,58,59,60). The van der Waals surface area contributed by atoms with Gasteiger partial charge in [0.25, 0.3) is 0 Å². The molecule has 10 aromatic carbocycles. The summed E-state index contributed by atoms with van der Waals surface area (Å²) in [7, 11) is 0. The van der Waals surface area contributed by atoms with Crippen LogP contribution in [-0.2, 0) is 0 Å². The molecule has 0 saturated carbocycles. The summed E-state index contributed by atoms with van der Waals surface area (Å²) < 4.78 is 15.7. The first-order chi connectivity index (χ1) is 31.2. The Kier molecular flexibility index (Phi) is 7.07. The van der Waals surface area contributed by atoms with Crippen LogP contribution in [-0.4, -0.2) is 16.2 Å². The molecule has 0 radical (unpaired) electrons. The summed E-state index contributed by atoms with van der Waals surface area (Å²) in [6.45, 7) is 0. The number of nitrogens with zero attached hydrogens (tertiary/aromatic N) is 3. The van der Waals surface area contributed by atoms with Crippen LogP contribution in [0.2, 0.25) is 0 Å². The lowest BCUT2D eigenvalue weighted by atomic mass is 10.0. The van der Waals surface area contributed by atoms with Crippen molar-refractivity contribution in [2.75, 3.05) is 0 Å². The summed E-state index contributed by atoms with van der Waals surface area (Å²) in [6, 6.07) is 68.7. The van der Waals surface area contributed by atoms with Crippen LogP contribution in [0.4, 0.5) is 0 Å². The van der Waals surface area contributed by atoms with E-state index in [0.717, 1.165) is 88.1 Å². The van der Waals surface area contributed by atoms with Gasteiger partial charge >= 0.3 is 0 Å². The summed E-state index contributed by atoms with van der Waals surface area (Å²) in [4.78, 5) is 10.9. The van der Waals surface area contributed by atoms with Crippen LogP contribution in [0, 0.1) is 0 Å². The summed E-state index contributed by atoms with van der Waals surface area (Å²) in [5, 5.41) is 17.3. The van der Waals surface area contributed by atoms with Gasteiger partial charge in [-0.05, 0) is 98.5 Å². The van der Waals surface area contributed by atoms with Crippen molar-refractivity contribution in [2.45, 2.75) is 6.17 Å². The highest BCUT2D eigenvalue weighted by Gasteiger charge is 2.29. The third-order valence-corrected chi connectivity index (χ3v) is 13.0. The minimum Gasteiger partial charge on any atom is -0.456 e. The molecule has 1 aliphatic heterocycles. The second kappa shape index (κ2) is 13.0. The number of benzene rings is 10. The van der Waals surface area contributed by atoms with Gasteiger partial charge in [-0.1, -0.05) is 133 Å². The molecule has 3 aromatic heterocycles. The molecule has 63 heavy (non-hydrogen) atoms. The van der Waals surface area contributed by atoms with Gasteiger partial charge in [0.2, 0.25) is 0 Å². The highest BCUT2D eigenvalue weighted by molar-refractivity contribution is 6.26. The lowest BCUT2D eigenvalue weighted by molar-refractivity contribution is 0.667.